The van der Waals surface area contributed by atoms with Gasteiger partial charge < -0.3 is 0 Å². The average Bonchev–Trinajstić information content (AvgIpc) is 2.39. The van der Waals surface area contributed by atoms with E-state index >= 15 is 0 Å². The van der Waals surface area contributed by atoms with E-state index in [1.807, 2.05) is 17.7 Å². The van der Waals surface area contributed by atoms with Crippen molar-refractivity contribution in [2.45, 2.75) is 6.92 Å². The summed E-state index contributed by atoms with van der Waals surface area (Å²) in [5.74, 6) is -0.503. The van der Waals surface area contributed by atoms with Crippen LogP contribution in [0, 0.1) is 6.92 Å². The normalized spacial score (nSPS) is 19.0. The van der Waals surface area contributed by atoms with Crippen LogP contribution in [-0.4, -0.2) is 20.9 Å². The molecule has 1 amide bonds. The molecular weight excluding hydrogens is 216 g/mol. The molecule has 0 spiro atoms. The van der Waals surface area contributed by atoms with Crippen molar-refractivity contribution >= 4 is 21.8 Å². The lowest BCUT2D eigenvalue weighted by Gasteiger charge is -2.14. The summed E-state index contributed by atoms with van der Waals surface area (Å²) in [5, 5.41) is 0. The molecule has 0 radical (unpaired) electrons. The smallest absolute Gasteiger partial charge is 0.272 e. The summed E-state index contributed by atoms with van der Waals surface area (Å²) >= 11 is 0. The maximum absolute atomic E-state index is 11.5. The highest BCUT2D eigenvalue weighted by Gasteiger charge is 2.33. The Hall–Kier alpha value is -1.56. The van der Waals surface area contributed by atoms with E-state index in [-0.39, 0.29) is 6.54 Å². The molecule has 80 valence electrons. The van der Waals surface area contributed by atoms with E-state index in [9.17, 15) is 13.2 Å². The second-order valence-corrected chi connectivity index (χ2v) is 4.97. The Morgan fingerprint density at radius 3 is 2.67 bits per heavy atom. The number of anilines is 1. The number of hydrogen-bond acceptors (Lipinski definition) is 3. The number of rotatable bonds is 1. The summed E-state index contributed by atoms with van der Waals surface area (Å²) in [6.07, 6.45) is 0. The molecule has 0 atom stereocenters. The second kappa shape index (κ2) is 3.23. The molecule has 2 rings (SSSR count). The number of benzene rings is 1. The summed E-state index contributed by atoms with van der Waals surface area (Å²) in [5.41, 5.74) is 1.45. The van der Waals surface area contributed by atoms with Crippen molar-refractivity contribution in [1.82, 2.24) is 4.72 Å². The molecule has 1 heterocycles. The number of nitrogens with one attached hydrogen (secondary N) is 1. The van der Waals surface area contributed by atoms with Gasteiger partial charge in [-0.3, -0.25) is 4.79 Å². The van der Waals surface area contributed by atoms with Crippen molar-refractivity contribution in [3.63, 3.8) is 0 Å². The van der Waals surface area contributed by atoms with E-state index in [4.69, 9.17) is 0 Å². The summed E-state index contributed by atoms with van der Waals surface area (Å²) in [6.45, 7) is 1.72. The highest BCUT2D eigenvalue weighted by Crippen LogP contribution is 2.20. The van der Waals surface area contributed by atoms with E-state index in [2.05, 4.69) is 0 Å². The molecule has 15 heavy (non-hydrogen) atoms. The molecule has 1 aliphatic heterocycles. The zero-order valence-corrected chi connectivity index (χ0v) is 8.91. The lowest BCUT2D eigenvalue weighted by atomic mass is 10.2. The van der Waals surface area contributed by atoms with Crippen molar-refractivity contribution in [3.8, 4) is 0 Å². The van der Waals surface area contributed by atoms with Gasteiger partial charge in [-0.15, -0.1) is 0 Å². The van der Waals surface area contributed by atoms with E-state index in [1.165, 1.54) is 0 Å². The van der Waals surface area contributed by atoms with Crippen LogP contribution in [-0.2, 0) is 15.0 Å². The number of carbonyl (C=O) groups is 1. The molecule has 0 bridgehead atoms. The first kappa shape index (κ1) is 9.97. The van der Waals surface area contributed by atoms with Gasteiger partial charge in [0.1, 0.15) is 6.54 Å². The first-order chi connectivity index (χ1) is 6.99. The molecule has 1 aromatic rings. The largest absolute Gasteiger partial charge is 0.326 e. The number of hydrogen-bond donors (Lipinski definition) is 1. The zero-order valence-electron chi connectivity index (χ0n) is 8.10. The maximum atomic E-state index is 11.5. The minimum Gasteiger partial charge on any atom is -0.272 e. The third-order valence-corrected chi connectivity index (χ3v) is 3.52. The fourth-order valence-corrected chi connectivity index (χ4v) is 2.60. The zero-order chi connectivity index (χ0) is 11.1. The minimum absolute atomic E-state index is 0.147. The average molecular weight is 226 g/mol. The van der Waals surface area contributed by atoms with Crippen LogP contribution in [0.15, 0.2) is 24.3 Å². The Kier molecular flexibility index (Phi) is 2.15. The van der Waals surface area contributed by atoms with Gasteiger partial charge in [0.25, 0.3) is 5.91 Å². The molecule has 1 saturated heterocycles. The van der Waals surface area contributed by atoms with Gasteiger partial charge in [-0.05, 0) is 24.6 Å². The summed E-state index contributed by atoms with van der Waals surface area (Å²) in [6, 6.07) is 6.99. The number of nitrogens with zero attached hydrogens (tertiary/aromatic N) is 1. The molecule has 0 saturated carbocycles. The highest BCUT2D eigenvalue weighted by molar-refractivity contribution is 7.92. The Morgan fingerprint density at radius 1 is 1.40 bits per heavy atom. The first-order valence-corrected chi connectivity index (χ1v) is 5.83. The van der Waals surface area contributed by atoms with Crippen molar-refractivity contribution in [2.75, 3.05) is 10.8 Å². The molecule has 6 heteroatoms. The Labute approximate surface area is 87.9 Å². The standard InChI is InChI=1S/C9H10N2O3S/c1-7-3-2-4-8(5-7)11-6-9(12)10-15(11,13)14/h2-5H,6H2,1H3,(H,10,12). The molecule has 1 aliphatic rings. The van der Waals surface area contributed by atoms with Gasteiger partial charge >= 0.3 is 10.2 Å². The van der Waals surface area contributed by atoms with Crippen LogP contribution >= 0.6 is 0 Å². The predicted molar refractivity (Wildman–Crippen MR) is 55.6 cm³/mol. The third kappa shape index (κ3) is 1.80. The fourth-order valence-electron chi connectivity index (χ4n) is 1.46. The predicted octanol–water partition coefficient (Wildman–Crippen LogP) is 0.176. The highest BCUT2D eigenvalue weighted by atomic mass is 32.2. The van der Waals surface area contributed by atoms with Crippen LogP contribution in [0.25, 0.3) is 0 Å². The van der Waals surface area contributed by atoms with Crippen LogP contribution in [0.2, 0.25) is 0 Å². The van der Waals surface area contributed by atoms with Crippen molar-refractivity contribution in [3.05, 3.63) is 29.8 Å². The molecule has 5 nitrogen and oxygen atoms in total. The Balaban J connectivity index is 2.44. The van der Waals surface area contributed by atoms with Gasteiger partial charge in [0.05, 0.1) is 5.69 Å². The number of aryl methyl sites for hydroxylation is 1. The second-order valence-electron chi connectivity index (χ2n) is 3.38. The lowest BCUT2D eigenvalue weighted by Crippen LogP contribution is -2.29. The third-order valence-electron chi connectivity index (χ3n) is 2.11. The topological polar surface area (TPSA) is 66.5 Å². The minimum atomic E-state index is -3.67. The molecule has 1 N–H and O–H groups in total. The van der Waals surface area contributed by atoms with E-state index in [0.717, 1.165) is 9.87 Å². The Bertz CT molecular complexity index is 510. The van der Waals surface area contributed by atoms with E-state index in [1.54, 1.807) is 18.2 Å². The van der Waals surface area contributed by atoms with Crippen LogP contribution in [0.5, 0.6) is 0 Å². The summed E-state index contributed by atoms with van der Waals surface area (Å²) in [7, 11) is -3.67. The number of carbonyl (C=O) groups excluding carboxylic acids is 1. The van der Waals surface area contributed by atoms with E-state index in [0.29, 0.717) is 5.69 Å². The molecular formula is C9H10N2O3S. The number of amides is 1. The van der Waals surface area contributed by atoms with Crippen LogP contribution in [0.4, 0.5) is 5.69 Å². The lowest BCUT2D eigenvalue weighted by molar-refractivity contribution is -0.117. The fraction of sp³-hybridized carbons (Fsp3) is 0.222. The quantitative estimate of drug-likeness (QED) is 0.742. The van der Waals surface area contributed by atoms with Gasteiger partial charge in [0.2, 0.25) is 0 Å². The Morgan fingerprint density at radius 2 is 2.13 bits per heavy atom. The van der Waals surface area contributed by atoms with Gasteiger partial charge in [-0.25, -0.2) is 9.03 Å². The molecule has 0 aliphatic carbocycles. The van der Waals surface area contributed by atoms with Crippen LogP contribution in [0.1, 0.15) is 5.56 Å². The van der Waals surface area contributed by atoms with Gasteiger partial charge in [-0.1, -0.05) is 12.1 Å². The molecule has 1 fully saturated rings. The van der Waals surface area contributed by atoms with E-state index < -0.39 is 16.1 Å². The summed E-state index contributed by atoms with van der Waals surface area (Å²) in [4.78, 5) is 11.0. The van der Waals surface area contributed by atoms with Gasteiger partial charge in [0, 0.05) is 0 Å². The molecule has 0 unspecified atom stereocenters. The van der Waals surface area contributed by atoms with Gasteiger partial charge in [-0.2, -0.15) is 8.42 Å². The summed E-state index contributed by atoms with van der Waals surface area (Å²) < 4.78 is 25.9. The van der Waals surface area contributed by atoms with Crippen molar-refractivity contribution in [2.24, 2.45) is 0 Å². The van der Waals surface area contributed by atoms with Crippen LogP contribution in [0.3, 0.4) is 0 Å². The SMILES string of the molecule is Cc1cccc(N2CC(=O)NS2(=O)=O)c1. The first-order valence-electron chi connectivity index (χ1n) is 4.39. The van der Waals surface area contributed by atoms with Gasteiger partial charge in [0.15, 0.2) is 0 Å². The monoisotopic (exact) mass is 226 g/mol. The van der Waals surface area contributed by atoms with Crippen molar-refractivity contribution < 1.29 is 13.2 Å². The molecule has 1 aromatic carbocycles. The van der Waals surface area contributed by atoms with Crippen LogP contribution < -0.4 is 9.03 Å². The maximum Gasteiger partial charge on any atom is 0.326 e. The van der Waals surface area contributed by atoms with Crippen molar-refractivity contribution in [1.29, 1.82) is 0 Å². The molecule has 0 aromatic heterocycles.